The van der Waals surface area contributed by atoms with Crippen LogP contribution in [0.15, 0.2) is 59.5 Å². The van der Waals surface area contributed by atoms with Gasteiger partial charge in [-0.1, -0.05) is 58.5 Å². The van der Waals surface area contributed by atoms with Crippen molar-refractivity contribution >= 4 is 87.0 Å². The third-order valence-electron chi connectivity index (χ3n) is 4.97. The number of hydrogen-bond acceptors (Lipinski definition) is 5. The molecule has 0 radical (unpaired) electrons. The highest BCUT2D eigenvalue weighted by Gasteiger charge is 2.36. The second-order valence-electron chi connectivity index (χ2n) is 7.68. The van der Waals surface area contributed by atoms with Crippen LogP contribution in [-0.4, -0.2) is 28.5 Å². The van der Waals surface area contributed by atoms with Crippen LogP contribution in [-0.2, 0) is 16.2 Å². The number of nitrogens with one attached hydrogen (secondary N) is 1. The molecule has 37 heavy (non-hydrogen) atoms. The quantitative estimate of drug-likeness (QED) is 0.282. The molecule has 190 valence electrons. The van der Waals surface area contributed by atoms with Gasteiger partial charge in [0, 0.05) is 5.69 Å². The van der Waals surface area contributed by atoms with E-state index >= 15 is 0 Å². The van der Waals surface area contributed by atoms with Crippen molar-refractivity contribution in [1.82, 2.24) is 4.90 Å². The first-order chi connectivity index (χ1) is 17.6. The summed E-state index contributed by atoms with van der Waals surface area (Å²) < 4.78 is 19.1. The van der Waals surface area contributed by atoms with Gasteiger partial charge in [-0.25, -0.2) is 4.39 Å². The number of carbonyl (C=O) groups excluding carboxylic acids is 3. The van der Waals surface area contributed by atoms with Gasteiger partial charge < -0.3 is 10.1 Å². The van der Waals surface area contributed by atoms with E-state index in [1.165, 1.54) is 36.4 Å². The molecule has 0 atom stereocenters. The van der Waals surface area contributed by atoms with Crippen LogP contribution in [0.5, 0.6) is 5.75 Å². The minimum atomic E-state index is -0.656. The number of halogens is 5. The predicted octanol–water partition coefficient (Wildman–Crippen LogP) is 7.69. The van der Waals surface area contributed by atoms with Gasteiger partial charge in [0.15, 0.2) is 5.75 Å². The molecule has 0 bridgehead atoms. The van der Waals surface area contributed by atoms with Gasteiger partial charge in [-0.05, 0) is 71.4 Å². The average Bonchev–Trinajstić information content (AvgIpc) is 3.08. The lowest BCUT2D eigenvalue weighted by molar-refractivity contribution is -0.127. The normalized spacial score (nSPS) is 14.4. The Morgan fingerprint density at radius 3 is 2.38 bits per heavy atom. The Labute approximate surface area is 235 Å². The molecule has 3 aromatic carbocycles. The first kappa shape index (κ1) is 27.3. The van der Waals surface area contributed by atoms with Gasteiger partial charge >= 0.3 is 0 Å². The van der Waals surface area contributed by atoms with Gasteiger partial charge in [0.2, 0.25) is 5.91 Å². The molecule has 1 saturated heterocycles. The molecule has 1 aliphatic rings. The molecule has 1 N–H and O–H groups in total. The van der Waals surface area contributed by atoms with Crippen LogP contribution in [0.2, 0.25) is 20.1 Å². The summed E-state index contributed by atoms with van der Waals surface area (Å²) in [5.74, 6) is -1.61. The maximum absolute atomic E-state index is 13.3. The summed E-state index contributed by atoms with van der Waals surface area (Å²) in [5.41, 5.74) is 1.41. The van der Waals surface area contributed by atoms with E-state index in [1.807, 2.05) is 0 Å². The first-order valence-electron chi connectivity index (χ1n) is 10.5. The van der Waals surface area contributed by atoms with Crippen LogP contribution in [0.1, 0.15) is 11.1 Å². The molecular formula is C25H15Cl4FN2O4S. The van der Waals surface area contributed by atoms with Gasteiger partial charge in [-0.2, -0.15) is 0 Å². The molecule has 0 spiro atoms. The van der Waals surface area contributed by atoms with Gasteiger partial charge in [-0.15, -0.1) is 0 Å². The summed E-state index contributed by atoms with van der Waals surface area (Å²) in [7, 11) is 0. The molecule has 1 fully saturated rings. The number of rotatable bonds is 7. The van der Waals surface area contributed by atoms with Crippen molar-refractivity contribution in [3.05, 3.63) is 96.5 Å². The number of benzene rings is 3. The molecule has 3 aromatic rings. The van der Waals surface area contributed by atoms with E-state index in [0.717, 1.165) is 16.5 Å². The summed E-state index contributed by atoms with van der Waals surface area (Å²) in [4.78, 5) is 38.3. The average molecular weight is 600 g/mol. The fraction of sp³-hybridized carbons (Fsp3) is 0.0800. The molecule has 6 nitrogen and oxygen atoms in total. The maximum atomic E-state index is 13.3. The Balaban J connectivity index is 1.44. The van der Waals surface area contributed by atoms with E-state index in [0.29, 0.717) is 27.4 Å². The van der Waals surface area contributed by atoms with E-state index < -0.39 is 29.4 Å². The highest BCUT2D eigenvalue weighted by Crippen LogP contribution is 2.38. The van der Waals surface area contributed by atoms with Crippen molar-refractivity contribution in [2.24, 2.45) is 0 Å². The standard InChI is InChI=1S/C25H15Cl4FN2O4S/c26-17-5-4-13(6-18(17)27)12-36-23-19(28)7-14(8-20(23)29)9-21-24(34)32(25(35)37-21)11-22(33)31-16-3-1-2-15(30)10-16/h1-10H,11-12H2,(H,31,33)/b21-9+. The number of amides is 3. The molecule has 0 unspecified atom stereocenters. The first-order valence-corrected chi connectivity index (χ1v) is 12.8. The number of imide groups is 1. The highest BCUT2D eigenvalue weighted by molar-refractivity contribution is 8.18. The largest absolute Gasteiger partial charge is 0.486 e. The van der Waals surface area contributed by atoms with Crippen molar-refractivity contribution in [2.75, 3.05) is 11.9 Å². The van der Waals surface area contributed by atoms with Crippen molar-refractivity contribution in [2.45, 2.75) is 6.61 Å². The second-order valence-corrected chi connectivity index (χ2v) is 10.3. The zero-order chi connectivity index (χ0) is 26.7. The van der Waals surface area contributed by atoms with Crippen LogP contribution in [0, 0.1) is 5.82 Å². The summed E-state index contributed by atoms with van der Waals surface area (Å²) in [5, 5.41) is 3.01. The number of thioether (sulfide) groups is 1. The van der Waals surface area contributed by atoms with E-state index in [9.17, 15) is 18.8 Å². The van der Waals surface area contributed by atoms with E-state index in [-0.39, 0.29) is 33.0 Å². The lowest BCUT2D eigenvalue weighted by Gasteiger charge is -2.13. The number of anilines is 1. The third-order valence-corrected chi connectivity index (χ3v) is 7.18. The molecule has 3 amide bonds. The molecule has 0 aromatic heterocycles. The fourth-order valence-electron chi connectivity index (χ4n) is 3.28. The van der Waals surface area contributed by atoms with Gasteiger partial charge in [0.05, 0.1) is 25.0 Å². The summed E-state index contributed by atoms with van der Waals surface area (Å²) in [6.07, 6.45) is 1.44. The van der Waals surface area contributed by atoms with Crippen LogP contribution in [0.3, 0.4) is 0 Å². The molecular weight excluding hydrogens is 585 g/mol. The monoisotopic (exact) mass is 598 g/mol. The van der Waals surface area contributed by atoms with Crippen LogP contribution in [0.25, 0.3) is 6.08 Å². The van der Waals surface area contributed by atoms with Gasteiger partial charge in [-0.3, -0.25) is 19.3 Å². The summed E-state index contributed by atoms with van der Waals surface area (Å²) >= 11 is 25.3. The lowest BCUT2D eigenvalue weighted by atomic mass is 10.2. The van der Waals surface area contributed by atoms with Crippen molar-refractivity contribution in [1.29, 1.82) is 0 Å². The molecule has 4 rings (SSSR count). The summed E-state index contributed by atoms with van der Waals surface area (Å²) in [6, 6.07) is 13.4. The topological polar surface area (TPSA) is 75.7 Å². The second kappa shape index (κ2) is 11.8. The van der Waals surface area contributed by atoms with Crippen LogP contribution >= 0.6 is 58.2 Å². The SMILES string of the molecule is O=C(CN1C(=O)S/C(=C/c2cc(Cl)c(OCc3ccc(Cl)c(Cl)c3)c(Cl)c2)C1=O)Nc1cccc(F)c1. The van der Waals surface area contributed by atoms with Crippen LogP contribution in [0.4, 0.5) is 14.9 Å². The maximum Gasteiger partial charge on any atom is 0.294 e. The number of nitrogens with zero attached hydrogens (tertiary/aromatic N) is 1. The number of carbonyl (C=O) groups is 3. The minimum absolute atomic E-state index is 0.0835. The minimum Gasteiger partial charge on any atom is -0.486 e. The Morgan fingerprint density at radius 2 is 1.70 bits per heavy atom. The zero-order valence-electron chi connectivity index (χ0n) is 18.6. The van der Waals surface area contributed by atoms with E-state index in [4.69, 9.17) is 51.1 Å². The predicted molar refractivity (Wildman–Crippen MR) is 145 cm³/mol. The molecule has 1 heterocycles. The summed E-state index contributed by atoms with van der Waals surface area (Å²) in [6.45, 7) is -0.395. The van der Waals surface area contributed by atoms with E-state index in [1.54, 1.807) is 18.2 Å². The van der Waals surface area contributed by atoms with Crippen LogP contribution < -0.4 is 10.1 Å². The highest BCUT2D eigenvalue weighted by atomic mass is 35.5. The zero-order valence-corrected chi connectivity index (χ0v) is 22.4. The van der Waals surface area contributed by atoms with E-state index in [2.05, 4.69) is 5.32 Å². The molecule has 12 heteroatoms. The lowest BCUT2D eigenvalue weighted by Crippen LogP contribution is -2.36. The molecule has 0 saturated carbocycles. The Bertz CT molecular complexity index is 1430. The van der Waals surface area contributed by atoms with Gasteiger partial charge in [0.1, 0.15) is 19.0 Å². The number of hydrogen-bond donors (Lipinski definition) is 1. The Hall–Kier alpha value is -2.75. The fourth-order valence-corrected chi connectivity index (χ4v) is 5.06. The van der Waals surface area contributed by atoms with Gasteiger partial charge in [0.25, 0.3) is 11.1 Å². The Morgan fingerprint density at radius 1 is 0.973 bits per heavy atom. The third kappa shape index (κ3) is 6.77. The molecule has 1 aliphatic heterocycles. The van der Waals surface area contributed by atoms with Crippen molar-refractivity contribution < 1.29 is 23.5 Å². The molecule has 0 aliphatic carbocycles. The Kier molecular flexibility index (Phi) is 8.67. The van der Waals surface area contributed by atoms with Crippen molar-refractivity contribution in [3.8, 4) is 5.75 Å². The number of ether oxygens (including phenoxy) is 1. The smallest absolute Gasteiger partial charge is 0.294 e. The van der Waals surface area contributed by atoms with Crippen molar-refractivity contribution in [3.63, 3.8) is 0 Å².